The van der Waals surface area contributed by atoms with Gasteiger partial charge in [0.15, 0.2) is 5.01 Å². The maximum absolute atomic E-state index is 12.9. The molecule has 2 N–H and O–H groups in total. The van der Waals surface area contributed by atoms with Crippen molar-refractivity contribution in [3.8, 4) is 0 Å². The molecule has 164 valence electrons. The van der Waals surface area contributed by atoms with E-state index < -0.39 is 0 Å². The fourth-order valence-corrected chi connectivity index (χ4v) is 4.51. The molecule has 4 aromatic rings. The van der Waals surface area contributed by atoms with Gasteiger partial charge in [0.25, 0.3) is 5.91 Å². The fourth-order valence-electron chi connectivity index (χ4n) is 3.48. The Hall–Kier alpha value is -3.59. The Morgan fingerprint density at radius 3 is 2.53 bits per heavy atom. The number of fused-ring (bicyclic) bond motifs is 3. The first-order chi connectivity index (χ1) is 15.3. The fraction of sp³-hybridized carbons (Fsp3) is 0.261. The molecule has 0 radical (unpaired) electrons. The summed E-state index contributed by atoms with van der Waals surface area (Å²) in [6.07, 6.45) is 1.77. The summed E-state index contributed by atoms with van der Waals surface area (Å²) in [6.45, 7) is 7.98. The van der Waals surface area contributed by atoms with E-state index in [1.54, 1.807) is 11.1 Å². The Morgan fingerprint density at radius 1 is 1.09 bits per heavy atom. The minimum Gasteiger partial charge on any atom is -0.339 e. The average Bonchev–Trinajstić information content (AvgIpc) is 3.18. The zero-order valence-corrected chi connectivity index (χ0v) is 19.2. The van der Waals surface area contributed by atoms with Crippen LogP contribution in [0.25, 0.3) is 21.1 Å². The van der Waals surface area contributed by atoms with Gasteiger partial charge in [0.05, 0.1) is 22.4 Å². The number of amides is 2. The van der Waals surface area contributed by atoms with Crippen LogP contribution in [-0.2, 0) is 4.79 Å². The van der Waals surface area contributed by atoms with Crippen LogP contribution in [0.4, 0.5) is 11.6 Å². The van der Waals surface area contributed by atoms with Crippen molar-refractivity contribution in [2.24, 2.45) is 0 Å². The lowest BCUT2D eigenvalue weighted by Gasteiger charge is -2.19. The van der Waals surface area contributed by atoms with Crippen molar-refractivity contribution >= 4 is 55.9 Å². The Labute approximate surface area is 189 Å². The monoisotopic (exact) mass is 448 g/mol. The molecule has 9 heteroatoms. The van der Waals surface area contributed by atoms with Gasteiger partial charge in [0.2, 0.25) is 11.9 Å². The van der Waals surface area contributed by atoms with Gasteiger partial charge in [-0.3, -0.25) is 9.59 Å². The molecule has 2 amide bonds. The van der Waals surface area contributed by atoms with Crippen molar-refractivity contribution < 1.29 is 9.59 Å². The molecule has 2 aromatic heterocycles. The zero-order valence-electron chi connectivity index (χ0n) is 18.4. The van der Waals surface area contributed by atoms with Crippen LogP contribution in [0.1, 0.15) is 34.8 Å². The summed E-state index contributed by atoms with van der Waals surface area (Å²) in [5.74, 6) is 0.0717. The number of hydrogen-bond donors (Lipinski definition) is 2. The predicted molar refractivity (Wildman–Crippen MR) is 127 cm³/mol. The third-order valence-corrected chi connectivity index (χ3v) is 6.02. The molecule has 0 aliphatic carbocycles. The van der Waals surface area contributed by atoms with Gasteiger partial charge in [-0.25, -0.2) is 15.0 Å². The number of benzene rings is 2. The molecule has 0 fully saturated rings. The summed E-state index contributed by atoms with van der Waals surface area (Å²) >= 11 is 1.30. The highest BCUT2D eigenvalue weighted by Gasteiger charge is 2.20. The van der Waals surface area contributed by atoms with Crippen molar-refractivity contribution in [3.05, 3.63) is 52.7 Å². The Balaban J connectivity index is 1.69. The summed E-state index contributed by atoms with van der Waals surface area (Å²) in [5.41, 5.74) is 4.68. The third-order valence-electron chi connectivity index (χ3n) is 4.95. The second kappa shape index (κ2) is 8.88. The van der Waals surface area contributed by atoms with Crippen LogP contribution in [0.5, 0.6) is 0 Å². The van der Waals surface area contributed by atoms with Crippen molar-refractivity contribution in [3.63, 3.8) is 0 Å². The van der Waals surface area contributed by atoms with Gasteiger partial charge in [-0.15, -0.1) is 11.3 Å². The molecule has 0 bridgehead atoms. The normalized spacial score (nSPS) is 11.0. The molecular formula is C23H24N6O2S. The number of carbonyl (C=O) groups is 2. The number of aryl methyl sites for hydroxylation is 2. The summed E-state index contributed by atoms with van der Waals surface area (Å²) in [6, 6.07) is 9.96. The number of nitrogens with one attached hydrogen (secondary N) is 2. The highest BCUT2D eigenvalue weighted by atomic mass is 32.1. The first kappa shape index (κ1) is 21.6. The van der Waals surface area contributed by atoms with E-state index in [2.05, 4.69) is 26.7 Å². The summed E-state index contributed by atoms with van der Waals surface area (Å²) in [7, 11) is 0. The lowest BCUT2D eigenvalue weighted by molar-refractivity contribution is -0.119. The van der Waals surface area contributed by atoms with Gasteiger partial charge in [0, 0.05) is 30.7 Å². The third kappa shape index (κ3) is 4.52. The van der Waals surface area contributed by atoms with Crippen molar-refractivity contribution in [2.75, 3.05) is 18.5 Å². The number of hydrogen-bond acceptors (Lipinski definition) is 7. The van der Waals surface area contributed by atoms with E-state index >= 15 is 0 Å². The van der Waals surface area contributed by atoms with Crippen molar-refractivity contribution in [2.45, 2.75) is 27.7 Å². The maximum Gasteiger partial charge on any atom is 0.284 e. The van der Waals surface area contributed by atoms with Crippen LogP contribution >= 0.6 is 11.3 Å². The van der Waals surface area contributed by atoms with E-state index in [9.17, 15) is 9.59 Å². The number of rotatable bonds is 6. The largest absolute Gasteiger partial charge is 0.339 e. The molecule has 0 saturated carbocycles. The smallest absolute Gasteiger partial charge is 0.284 e. The number of thiazole rings is 1. The quantitative estimate of drug-likeness (QED) is 0.430. The molecule has 0 aliphatic heterocycles. The molecule has 32 heavy (non-hydrogen) atoms. The van der Waals surface area contributed by atoms with Gasteiger partial charge in [-0.2, -0.15) is 0 Å². The molecular weight excluding hydrogens is 424 g/mol. The van der Waals surface area contributed by atoms with Crippen LogP contribution in [0.15, 0.2) is 36.5 Å². The molecule has 4 rings (SSSR count). The molecule has 8 nitrogen and oxygen atoms in total. The molecule has 0 unspecified atom stereocenters. The number of anilines is 2. The van der Waals surface area contributed by atoms with Gasteiger partial charge in [-0.05, 0) is 56.2 Å². The van der Waals surface area contributed by atoms with E-state index in [-0.39, 0.29) is 18.5 Å². The molecule has 2 heterocycles. The van der Waals surface area contributed by atoms with Crippen LogP contribution in [0, 0.1) is 13.8 Å². The first-order valence-electron chi connectivity index (χ1n) is 10.3. The highest BCUT2D eigenvalue weighted by molar-refractivity contribution is 7.21. The Kier molecular flexibility index (Phi) is 6.00. The summed E-state index contributed by atoms with van der Waals surface area (Å²) < 4.78 is 0.826. The molecule has 0 atom stereocenters. The van der Waals surface area contributed by atoms with E-state index in [0.29, 0.717) is 23.0 Å². The number of nitrogens with zero attached hydrogens (tertiary/aromatic N) is 4. The SMILES string of the molecule is CCN(CNC(C)=O)C(=O)c1nc2ccc3cnc(Nc4cc(C)cc(C)c4)nc3c2s1. The summed E-state index contributed by atoms with van der Waals surface area (Å²) in [5, 5.41) is 7.17. The molecule has 0 aliphatic rings. The van der Waals surface area contributed by atoms with Gasteiger partial charge in [0.1, 0.15) is 0 Å². The predicted octanol–water partition coefficient (Wildman–Crippen LogP) is 4.16. The Bertz CT molecular complexity index is 1310. The summed E-state index contributed by atoms with van der Waals surface area (Å²) in [4.78, 5) is 39.4. The van der Waals surface area contributed by atoms with Crippen LogP contribution < -0.4 is 10.6 Å². The number of aromatic nitrogens is 3. The van der Waals surface area contributed by atoms with E-state index in [4.69, 9.17) is 4.98 Å². The van der Waals surface area contributed by atoms with Crippen molar-refractivity contribution in [1.29, 1.82) is 0 Å². The van der Waals surface area contributed by atoms with Crippen LogP contribution in [0.3, 0.4) is 0 Å². The average molecular weight is 449 g/mol. The first-order valence-corrected chi connectivity index (χ1v) is 11.1. The van der Waals surface area contributed by atoms with E-state index in [1.165, 1.54) is 18.3 Å². The van der Waals surface area contributed by atoms with Crippen molar-refractivity contribution in [1.82, 2.24) is 25.2 Å². The van der Waals surface area contributed by atoms with Crippen LogP contribution in [-0.4, -0.2) is 44.9 Å². The van der Waals surface area contributed by atoms with Gasteiger partial charge in [-0.1, -0.05) is 6.07 Å². The zero-order chi connectivity index (χ0) is 22.8. The molecule has 2 aromatic carbocycles. The van der Waals surface area contributed by atoms with E-state index in [1.807, 2.05) is 45.0 Å². The number of carbonyl (C=O) groups excluding carboxylic acids is 2. The Morgan fingerprint density at radius 2 is 1.84 bits per heavy atom. The second-order valence-corrected chi connectivity index (χ2v) is 8.62. The molecule has 0 spiro atoms. The van der Waals surface area contributed by atoms with Crippen LogP contribution in [0.2, 0.25) is 0 Å². The standard InChI is InChI=1S/C23H24N6O2S/c1-5-29(12-25-15(4)30)22(31)21-27-18-7-6-16-11-24-23(28-19(16)20(18)32-21)26-17-9-13(2)8-14(3)10-17/h6-11H,5,12H2,1-4H3,(H,25,30)(H,24,26,28). The molecule has 0 saturated heterocycles. The van der Waals surface area contributed by atoms with Gasteiger partial charge >= 0.3 is 0 Å². The van der Waals surface area contributed by atoms with E-state index in [0.717, 1.165) is 32.4 Å². The minimum atomic E-state index is -0.224. The topological polar surface area (TPSA) is 100 Å². The highest BCUT2D eigenvalue weighted by Crippen LogP contribution is 2.30. The van der Waals surface area contributed by atoms with Gasteiger partial charge < -0.3 is 15.5 Å². The second-order valence-electron chi connectivity index (χ2n) is 7.62. The minimum absolute atomic E-state index is 0.146. The lowest BCUT2D eigenvalue weighted by atomic mass is 10.1. The lowest BCUT2D eigenvalue weighted by Crippen LogP contribution is -2.40. The maximum atomic E-state index is 12.9.